The Labute approximate surface area is 215 Å². The van der Waals surface area contributed by atoms with Crippen LogP contribution in [0.5, 0.6) is 5.75 Å². The van der Waals surface area contributed by atoms with E-state index < -0.39 is 46.4 Å². The average molecular weight is 537 g/mol. The van der Waals surface area contributed by atoms with Gasteiger partial charge in [0.2, 0.25) is 21.8 Å². The molecular formula is C24H29ClN4O6S. The predicted octanol–water partition coefficient (Wildman–Crippen LogP) is 2.70. The number of hydrogen-bond donors (Lipinski definition) is 3. The number of sulfonamides is 1. The van der Waals surface area contributed by atoms with E-state index in [-0.39, 0.29) is 13.0 Å². The van der Waals surface area contributed by atoms with Gasteiger partial charge in [-0.1, -0.05) is 30.7 Å². The first-order chi connectivity index (χ1) is 17.0. The molecule has 10 nitrogen and oxygen atoms in total. The molecule has 0 spiro atoms. The molecule has 3 rings (SSSR count). The minimum absolute atomic E-state index is 0.0725. The lowest BCUT2D eigenvalue weighted by Gasteiger charge is -2.25. The van der Waals surface area contributed by atoms with Crippen molar-refractivity contribution in [1.29, 1.82) is 0 Å². The van der Waals surface area contributed by atoms with Crippen LogP contribution in [0.15, 0.2) is 42.5 Å². The van der Waals surface area contributed by atoms with Gasteiger partial charge in [-0.25, -0.2) is 13.2 Å². The Hall–Kier alpha value is -3.31. The molecule has 2 atom stereocenters. The lowest BCUT2D eigenvalue weighted by molar-refractivity contribution is -0.133. The molecule has 2 aromatic carbocycles. The number of ether oxygens (including phenoxy) is 1. The average Bonchev–Trinajstić information content (AvgIpc) is 2.96. The fraction of sp³-hybridized carbons (Fsp3) is 0.375. The summed E-state index contributed by atoms with van der Waals surface area (Å²) in [6.45, 7) is 1.53. The third kappa shape index (κ3) is 7.11. The van der Waals surface area contributed by atoms with Gasteiger partial charge in [-0.05, 0) is 54.3 Å². The van der Waals surface area contributed by atoms with Crippen molar-refractivity contribution in [3.05, 3.63) is 58.6 Å². The summed E-state index contributed by atoms with van der Waals surface area (Å²) < 4.78 is 30.6. The van der Waals surface area contributed by atoms with Gasteiger partial charge in [-0.3, -0.25) is 19.2 Å². The number of carbonyl (C=O) groups excluding carboxylic acids is 3. The van der Waals surface area contributed by atoms with Gasteiger partial charge in [0.15, 0.2) is 0 Å². The third-order valence-electron chi connectivity index (χ3n) is 5.74. The van der Waals surface area contributed by atoms with Gasteiger partial charge in [0.05, 0.1) is 25.3 Å². The number of nitrogens with one attached hydrogen (secondary N) is 3. The second-order valence-electron chi connectivity index (χ2n) is 8.49. The largest absolute Gasteiger partial charge is 0.496 e. The second-order valence-corrected chi connectivity index (χ2v) is 10.7. The fourth-order valence-corrected chi connectivity index (χ4v) is 4.73. The number of carbonyl (C=O) groups is 3. The number of benzene rings is 2. The van der Waals surface area contributed by atoms with E-state index in [2.05, 4.69) is 15.4 Å². The summed E-state index contributed by atoms with van der Waals surface area (Å²) in [5, 5.41) is 5.99. The lowest BCUT2D eigenvalue weighted by Crippen LogP contribution is -2.48. The zero-order valence-corrected chi connectivity index (χ0v) is 21.8. The van der Waals surface area contributed by atoms with Gasteiger partial charge in [-0.2, -0.15) is 0 Å². The van der Waals surface area contributed by atoms with E-state index in [9.17, 15) is 22.8 Å². The van der Waals surface area contributed by atoms with Crippen molar-refractivity contribution in [1.82, 2.24) is 15.5 Å². The molecule has 12 heteroatoms. The Balaban J connectivity index is 1.77. The maximum Gasteiger partial charge on any atom is 0.325 e. The zero-order valence-electron chi connectivity index (χ0n) is 20.2. The maximum absolute atomic E-state index is 13.3. The van der Waals surface area contributed by atoms with Crippen molar-refractivity contribution in [3.8, 4) is 5.75 Å². The lowest BCUT2D eigenvalue weighted by atomic mass is 9.97. The number of nitrogens with zero attached hydrogens (tertiary/aromatic N) is 1. The molecule has 0 radical (unpaired) electrons. The third-order valence-corrected chi connectivity index (χ3v) is 6.58. The van der Waals surface area contributed by atoms with E-state index in [0.29, 0.717) is 28.4 Å². The second kappa shape index (κ2) is 11.6. The van der Waals surface area contributed by atoms with Gasteiger partial charge in [-0.15, -0.1) is 0 Å². The van der Waals surface area contributed by atoms with Gasteiger partial charge in [0, 0.05) is 17.3 Å². The van der Waals surface area contributed by atoms with Crippen LogP contribution in [0.25, 0.3) is 0 Å². The van der Waals surface area contributed by atoms with E-state index in [1.54, 1.807) is 42.5 Å². The first-order valence-electron chi connectivity index (χ1n) is 11.3. The molecule has 1 saturated heterocycles. The molecule has 0 aromatic heterocycles. The van der Waals surface area contributed by atoms with Crippen LogP contribution in [0.2, 0.25) is 5.02 Å². The monoisotopic (exact) mass is 536 g/mol. The first-order valence-corrected chi connectivity index (χ1v) is 13.6. The van der Waals surface area contributed by atoms with Crippen LogP contribution in [0.1, 0.15) is 30.5 Å². The highest BCUT2D eigenvalue weighted by Gasteiger charge is 2.35. The predicted molar refractivity (Wildman–Crippen MR) is 136 cm³/mol. The summed E-state index contributed by atoms with van der Waals surface area (Å²) >= 11 is 6.12. The van der Waals surface area contributed by atoms with E-state index in [4.69, 9.17) is 16.3 Å². The van der Waals surface area contributed by atoms with Crippen LogP contribution < -0.4 is 20.1 Å². The molecule has 2 unspecified atom stereocenters. The Morgan fingerprint density at radius 3 is 2.53 bits per heavy atom. The number of imide groups is 1. The maximum atomic E-state index is 13.3. The van der Waals surface area contributed by atoms with Crippen LogP contribution in [0, 0.1) is 5.92 Å². The number of anilines is 1. The Bertz CT molecular complexity index is 1240. The van der Waals surface area contributed by atoms with Crippen LogP contribution in [0.4, 0.5) is 10.5 Å². The highest BCUT2D eigenvalue weighted by molar-refractivity contribution is 7.92. The number of amides is 4. The molecule has 4 amide bonds. The molecule has 0 saturated carbocycles. The summed E-state index contributed by atoms with van der Waals surface area (Å²) in [5.41, 5.74) is 1.80. The van der Waals surface area contributed by atoms with Crippen molar-refractivity contribution >= 4 is 45.2 Å². The summed E-state index contributed by atoms with van der Waals surface area (Å²) in [4.78, 5) is 39.7. The van der Waals surface area contributed by atoms with Crippen LogP contribution in [-0.2, 0) is 26.0 Å². The standard InChI is InChI=1S/C24H29ClN4O6S/c1-4-20(15-5-8-19(9-6-15)28-36(3,33)34)27-24(32)29-14-22(30)26-13-17(23(29)31)11-16-12-18(25)7-10-21(16)35-2/h5-10,12,17,20,28H,4,11,13-14H2,1-3H3,(H,26,30)(H,27,32). The summed E-state index contributed by atoms with van der Waals surface area (Å²) in [6.07, 6.45) is 1.78. The van der Waals surface area contributed by atoms with Crippen molar-refractivity contribution in [2.24, 2.45) is 5.92 Å². The summed E-state index contributed by atoms with van der Waals surface area (Å²) in [7, 11) is -1.90. The molecule has 1 fully saturated rings. The van der Waals surface area contributed by atoms with E-state index >= 15 is 0 Å². The van der Waals surface area contributed by atoms with Crippen molar-refractivity contribution in [3.63, 3.8) is 0 Å². The first kappa shape index (κ1) is 27.3. The number of urea groups is 1. The quantitative estimate of drug-likeness (QED) is 0.475. The summed E-state index contributed by atoms with van der Waals surface area (Å²) in [6, 6.07) is 10.5. The fourth-order valence-electron chi connectivity index (χ4n) is 3.97. The van der Waals surface area contributed by atoms with E-state index in [1.165, 1.54) is 7.11 Å². The van der Waals surface area contributed by atoms with Crippen LogP contribution in [-0.4, -0.2) is 57.6 Å². The smallest absolute Gasteiger partial charge is 0.325 e. The Kier molecular flexibility index (Phi) is 8.80. The normalized spacial score (nSPS) is 17.1. The van der Waals surface area contributed by atoms with Crippen LogP contribution in [0.3, 0.4) is 0 Å². The van der Waals surface area contributed by atoms with E-state index in [1.807, 2.05) is 6.92 Å². The van der Waals surface area contributed by atoms with Gasteiger partial charge in [0.25, 0.3) is 0 Å². The molecule has 0 bridgehead atoms. The van der Waals surface area contributed by atoms with Gasteiger partial charge < -0.3 is 15.4 Å². The van der Waals surface area contributed by atoms with Crippen molar-refractivity contribution in [2.75, 3.05) is 31.2 Å². The molecule has 1 heterocycles. The van der Waals surface area contributed by atoms with E-state index in [0.717, 1.165) is 16.7 Å². The zero-order chi connectivity index (χ0) is 26.5. The molecule has 3 N–H and O–H groups in total. The number of hydrogen-bond acceptors (Lipinski definition) is 6. The number of halogens is 1. The van der Waals surface area contributed by atoms with Crippen LogP contribution >= 0.6 is 11.6 Å². The molecular weight excluding hydrogens is 508 g/mol. The molecule has 194 valence electrons. The minimum Gasteiger partial charge on any atom is -0.496 e. The topological polar surface area (TPSA) is 134 Å². The SMILES string of the molecule is CCC(NC(=O)N1CC(=O)NCC(Cc2cc(Cl)ccc2OC)C1=O)c1ccc(NS(C)(=O)=O)cc1. The molecule has 1 aliphatic rings. The molecule has 2 aromatic rings. The van der Waals surface area contributed by atoms with Crippen molar-refractivity contribution in [2.45, 2.75) is 25.8 Å². The number of rotatable bonds is 8. The summed E-state index contributed by atoms with van der Waals surface area (Å²) in [5.74, 6) is -1.08. The highest BCUT2D eigenvalue weighted by Crippen LogP contribution is 2.27. The molecule has 0 aliphatic carbocycles. The van der Waals surface area contributed by atoms with Crippen molar-refractivity contribution < 1.29 is 27.5 Å². The van der Waals surface area contributed by atoms with Gasteiger partial charge >= 0.3 is 6.03 Å². The van der Waals surface area contributed by atoms with Gasteiger partial charge in [0.1, 0.15) is 12.3 Å². The molecule has 36 heavy (non-hydrogen) atoms. The molecule has 1 aliphatic heterocycles. The highest BCUT2D eigenvalue weighted by atomic mass is 35.5. The number of methoxy groups -OCH3 is 1. The minimum atomic E-state index is -3.42. The Morgan fingerprint density at radius 2 is 1.92 bits per heavy atom. The Morgan fingerprint density at radius 1 is 1.22 bits per heavy atom.